The molecule has 2 heterocycles. The molecular weight excluding hydrogens is 356 g/mol. The van der Waals surface area contributed by atoms with Gasteiger partial charge < -0.3 is 26.3 Å². The molecule has 5 N–H and O–H groups in total. The van der Waals surface area contributed by atoms with E-state index in [-0.39, 0.29) is 0 Å². The summed E-state index contributed by atoms with van der Waals surface area (Å²) < 4.78 is 12.4. The van der Waals surface area contributed by atoms with Crippen LogP contribution in [-0.4, -0.2) is 34.9 Å². The van der Waals surface area contributed by atoms with Crippen molar-refractivity contribution in [3.8, 4) is 11.5 Å². The summed E-state index contributed by atoms with van der Waals surface area (Å²) in [5.74, 6) is 2.15. The SMILES string of the molecule is COc1ccc(Nc2cc(N)nn3cc([C@H]4CC[C@H](N)CC4)nc23)cc1OC. The average molecular weight is 382 g/mol. The van der Waals surface area contributed by atoms with Gasteiger partial charge in [-0.3, -0.25) is 0 Å². The highest BCUT2D eigenvalue weighted by Crippen LogP contribution is 2.34. The van der Waals surface area contributed by atoms with Crippen molar-refractivity contribution in [2.24, 2.45) is 5.73 Å². The molecule has 3 aromatic rings. The Bertz CT molecular complexity index is 978. The largest absolute Gasteiger partial charge is 0.493 e. The Balaban J connectivity index is 1.67. The molecule has 0 amide bonds. The highest BCUT2D eigenvalue weighted by Gasteiger charge is 2.23. The number of nitrogens with zero attached hydrogens (tertiary/aromatic N) is 3. The zero-order valence-corrected chi connectivity index (χ0v) is 16.2. The zero-order valence-electron chi connectivity index (χ0n) is 16.2. The lowest BCUT2D eigenvalue weighted by Gasteiger charge is -2.24. The molecule has 0 bridgehead atoms. The van der Waals surface area contributed by atoms with Gasteiger partial charge >= 0.3 is 0 Å². The normalized spacial score (nSPS) is 19.5. The lowest BCUT2D eigenvalue weighted by atomic mass is 9.85. The second kappa shape index (κ2) is 7.55. The van der Waals surface area contributed by atoms with E-state index in [9.17, 15) is 0 Å². The van der Waals surface area contributed by atoms with E-state index in [0.717, 1.165) is 48.4 Å². The number of nitrogen functional groups attached to an aromatic ring is 1. The van der Waals surface area contributed by atoms with Crippen molar-refractivity contribution in [2.45, 2.75) is 37.6 Å². The van der Waals surface area contributed by atoms with Gasteiger partial charge in [0.1, 0.15) is 5.82 Å². The summed E-state index contributed by atoms with van der Waals surface area (Å²) in [6, 6.07) is 7.74. The fraction of sp³-hybridized carbons (Fsp3) is 0.400. The van der Waals surface area contributed by atoms with Gasteiger partial charge in [-0.05, 0) is 37.8 Å². The summed E-state index contributed by atoms with van der Waals surface area (Å²) in [5, 5.41) is 7.77. The fourth-order valence-corrected chi connectivity index (χ4v) is 3.79. The number of benzene rings is 1. The summed E-state index contributed by atoms with van der Waals surface area (Å²) in [6.07, 6.45) is 6.15. The maximum absolute atomic E-state index is 6.04. The molecule has 0 aliphatic heterocycles. The molecule has 1 aliphatic carbocycles. The van der Waals surface area contributed by atoms with Crippen LogP contribution in [0.15, 0.2) is 30.5 Å². The van der Waals surface area contributed by atoms with E-state index < -0.39 is 0 Å². The third-order valence-corrected chi connectivity index (χ3v) is 5.32. The third kappa shape index (κ3) is 3.55. The van der Waals surface area contributed by atoms with Crippen LogP contribution in [0.25, 0.3) is 5.65 Å². The summed E-state index contributed by atoms with van der Waals surface area (Å²) in [7, 11) is 3.23. The minimum absolute atomic E-state index is 0.310. The monoisotopic (exact) mass is 382 g/mol. The molecule has 1 saturated carbocycles. The van der Waals surface area contributed by atoms with Crippen LogP contribution in [0.3, 0.4) is 0 Å². The van der Waals surface area contributed by atoms with Crippen molar-refractivity contribution in [2.75, 3.05) is 25.3 Å². The molecule has 2 aromatic heterocycles. The number of hydrogen-bond acceptors (Lipinski definition) is 7. The number of nitrogens with two attached hydrogens (primary N) is 2. The highest BCUT2D eigenvalue weighted by molar-refractivity contribution is 5.76. The van der Waals surface area contributed by atoms with Gasteiger partial charge in [-0.15, -0.1) is 5.10 Å². The van der Waals surface area contributed by atoms with Gasteiger partial charge in [-0.2, -0.15) is 0 Å². The van der Waals surface area contributed by atoms with E-state index in [1.165, 1.54) is 0 Å². The number of nitrogens with one attached hydrogen (secondary N) is 1. The van der Waals surface area contributed by atoms with Crippen molar-refractivity contribution in [1.82, 2.24) is 14.6 Å². The molecular formula is C20H26N6O2. The number of methoxy groups -OCH3 is 2. The molecule has 0 unspecified atom stereocenters. The number of imidazole rings is 1. The first-order valence-electron chi connectivity index (χ1n) is 9.48. The number of anilines is 3. The number of hydrogen-bond donors (Lipinski definition) is 3. The minimum atomic E-state index is 0.310. The minimum Gasteiger partial charge on any atom is -0.493 e. The van der Waals surface area contributed by atoms with Crippen LogP contribution in [-0.2, 0) is 0 Å². The Hall–Kier alpha value is -3.00. The number of rotatable bonds is 5. The molecule has 0 spiro atoms. The lowest BCUT2D eigenvalue weighted by Crippen LogP contribution is -2.25. The first kappa shape index (κ1) is 18.4. The number of fused-ring (bicyclic) bond motifs is 1. The van der Waals surface area contributed by atoms with Gasteiger partial charge in [0, 0.05) is 29.8 Å². The molecule has 8 heteroatoms. The third-order valence-electron chi connectivity index (χ3n) is 5.32. The van der Waals surface area contributed by atoms with E-state index in [2.05, 4.69) is 10.4 Å². The van der Waals surface area contributed by atoms with Crippen LogP contribution < -0.4 is 26.3 Å². The Labute approximate surface area is 163 Å². The Morgan fingerprint density at radius 3 is 2.54 bits per heavy atom. The Kier molecular flexibility index (Phi) is 4.95. The predicted octanol–water partition coefficient (Wildman–Crippen LogP) is 3.06. The van der Waals surface area contributed by atoms with Gasteiger partial charge in [0.05, 0.1) is 31.8 Å². The van der Waals surface area contributed by atoms with Crippen LogP contribution in [0, 0.1) is 0 Å². The Morgan fingerprint density at radius 2 is 1.82 bits per heavy atom. The summed E-state index contributed by atoms with van der Waals surface area (Å²) >= 11 is 0. The van der Waals surface area contributed by atoms with Crippen LogP contribution in [0.1, 0.15) is 37.3 Å². The topological polar surface area (TPSA) is 113 Å². The highest BCUT2D eigenvalue weighted by atomic mass is 16.5. The van der Waals surface area contributed by atoms with Crippen molar-refractivity contribution >= 4 is 22.8 Å². The summed E-state index contributed by atoms with van der Waals surface area (Å²) in [5.41, 5.74) is 15.5. The van der Waals surface area contributed by atoms with Gasteiger partial charge in [0.25, 0.3) is 0 Å². The maximum Gasteiger partial charge on any atom is 0.177 e. The number of ether oxygens (including phenoxy) is 2. The molecule has 0 atom stereocenters. The average Bonchev–Trinajstić information content (AvgIpc) is 3.12. The van der Waals surface area contributed by atoms with E-state index in [4.69, 9.17) is 25.9 Å². The second-order valence-electron chi connectivity index (χ2n) is 7.22. The van der Waals surface area contributed by atoms with Gasteiger partial charge in [-0.1, -0.05) is 0 Å². The first-order chi connectivity index (χ1) is 13.6. The van der Waals surface area contributed by atoms with E-state index in [1.807, 2.05) is 24.4 Å². The summed E-state index contributed by atoms with van der Waals surface area (Å²) in [6.45, 7) is 0. The van der Waals surface area contributed by atoms with Crippen molar-refractivity contribution in [3.05, 3.63) is 36.2 Å². The standard InChI is InChI=1S/C20H26N6O2/c1-27-17-8-7-14(9-18(17)28-2)23-15-10-19(22)25-26-11-16(24-20(15)26)12-3-5-13(21)6-4-12/h7-13,23H,3-6,21H2,1-2H3,(H2,22,25)/t12-,13-. The van der Waals surface area contributed by atoms with Gasteiger partial charge in [0.15, 0.2) is 17.1 Å². The molecule has 4 rings (SSSR count). The van der Waals surface area contributed by atoms with Crippen LogP contribution in [0.4, 0.5) is 17.2 Å². The van der Waals surface area contributed by atoms with E-state index in [1.54, 1.807) is 24.8 Å². The summed E-state index contributed by atoms with van der Waals surface area (Å²) in [4.78, 5) is 4.86. The van der Waals surface area contributed by atoms with Crippen molar-refractivity contribution < 1.29 is 9.47 Å². The fourth-order valence-electron chi connectivity index (χ4n) is 3.79. The zero-order chi connectivity index (χ0) is 19.7. The quantitative estimate of drug-likeness (QED) is 0.621. The molecule has 0 saturated heterocycles. The van der Waals surface area contributed by atoms with Gasteiger partial charge in [-0.25, -0.2) is 9.50 Å². The van der Waals surface area contributed by atoms with Crippen LogP contribution in [0.2, 0.25) is 0 Å². The maximum atomic E-state index is 6.04. The van der Waals surface area contributed by atoms with E-state index in [0.29, 0.717) is 29.3 Å². The first-order valence-corrected chi connectivity index (χ1v) is 9.48. The smallest absolute Gasteiger partial charge is 0.177 e. The predicted molar refractivity (Wildman–Crippen MR) is 109 cm³/mol. The molecule has 0 radical (unpaired) electrons. The van der Waals surface area contributed by atoms with Crippen molar-refractivity contribution in [3.63, 3.8) is 0 Å². The van der Waals surface area contributed by atoms with Crippen molar-refractivity contribution in [1.29, 1.82) is 0 Å². The molecule has 1 aliphatic rings. The van der Waals surface area contributed by atoms with Crippen LogP contribution >= 0.6 is 0 Å². The van der Waals surface area contributed by atoms with Gasteiger partial charge in [0.2, 0.25) is 0 Å². The van der Waals surface area contributed by atoms with Crippen LogP contribution in [0.5, 0.6) is 11.5 Å². The molecule has 8 nitrogen and oxygen atoms in total. The van der Waals surface area contributed by atoms with E-state index >= 15 is 0 Å². The molecule has 148 valence electrons. The Morgan fingerprint density at radius 1 is 1.07 bits per heavy atom. The lowest BCUT2D eigenvalue weighted by molar-refractivity contribution is 0.355. The molecule has 1 fully saturated rings. The second-order valence-corrected chi connectivity index (χ2v) is 7.22. The number of aromatic nitrogens is 3. The molecule has 1 aromatic carbocycles. The molecule has 28 heavy (non-hydrogen) atoms.